The van der Waals surface area contributed by atoms with E-state index in [1.165, 1.54) is 17.7 Å². The first-order valence-corrected chi connectivity index (χ1v) is 6.47. The molecule has 2 aromatic carbocycles. The Morgan fingerprint density at radius 1 is 1.00 bits per heavy atom. The summed E-state index contributed by atoms with van der Waals surface area (Å²) < 4.78 is 12.8. The zero-order valence-electron chi connectivity index (χ0n) is 11.1. The van der Waals surface area contributed by atoms with Gasteiger partial charge in [0.05, 0.1) is 0 Å². The first kappa shape index (κ1) is 13.6. The molecule has 0 unspecified atom stereocenters. The lowest BCUT2D eigenvalue weighted by atomic mass is 10.2. The Balaban J connectivity index is 1.72. The number of nitrogens with zero attached hydrogens (tertiary/aromatic N) is 1. The van der Waals surface area contributed by atoms with Crippen molar-refractivity contribution in [2.75, 3.05) is 25.0 Å². The quantitative estimate of drug-likeness (QED) is 0.801. The Hall–Kier alpha value is -1.87. The van der Waals surface area contributed by atoms with Crippen LogP contribution in [0.3, 0.4) is 0 Å². The van der Waals surface area contributed by atoms with Gasteiger partial charge in [-0.3, -0.25) is 0 Å². The molecule has 2 nitrogen and oxygen atoms in total. The van der Waals surface area contributed by atoms with Crippen molar-refractivity contribution in [2.24, 2.45) is 0 Å². The maximum absolute atomic E-state index is 12.8. The maximum atomic E-state index is 12.8. The van der Waals surface area contributed by atoms with Gasteiger partial charge in [-0.1, -0.05) is 30.3 Å². The highest BCUT2D eigenvalue weighted by atomic mass is 19.1. The first-order chi connectivity index (χ1) is 9.25. The van der Waals surface area contributed by atoms with E-state index in [4.69, 9.17) is 0 Å². The van der Waals surface area contributed by atoms with Gasteiger partial charge in [0.1, 0.15) is 5.82 Å². The standard InChI is InChI=1S/C16H19FN2/c1-19(16-9-7-15(17)8-10-16)12-11-18-13-14-5-3-2-4-6-14/h2-10,18H,11-13H2,1H3. The van der Waals surface area contributed by atoms with Crippen molar-refractivity contribution in [1.82, 2.24) is 5.32 Å². The molecule has 2 aromatic rings. The molecule has 0 heterocycles. The van der Waals surface area contributed by atoms with Crippen LogP contribution in [-0.4, -0.2) is 20.1 Å². The molecule has 0 bridgehead atoms. The van der Waals surface area contributed by atoms with Gasteiger partial charge in [-0.25, -0.2) is 4.39 Å². The second kappa shape index (κ2) is 6.90. The molecule has 0 aromatic heterocycles. The molecule has 0 radical (unpaired) electrons. The summed E-state index contributed by atoms with van der Waals surface area (Å²) in [7, 11) is 2.01. The zero-order valence-corrected chi connectivity index (χ0v) is 11.1. The molecule has 3 heteroatoms. The number of hydrogen-bond acceptors (Lipinski definition) is 2. The lowest BCUT2D eigenvalue weighted by Gasteiger charge is -2.19. The molecule has 0 amide bonds. The molecular weight excluding hydrogens is 239 g/mol. The number of benzene rings is 2. The van der Waals surface area contributed by atoms with Crippen LogP contribution in [0.2, 0.25) is 0 Å². The average Bonchev–Trinajstić information content (AvgIpc) is 2.45. The normalized spacial score (nSPS) is 10.4. The van der Waals surface area contributed by atoms with E-state index in [2.05, 4.69) is 22.3 Å². The SMILES string of the molecule is CN(CCNCc1ccccc1)c1ccc(F)cc1. The maximum Gasteiger partial charge on any atom is 0.123 e. The van der Waals surface area contributed by atoms with E-state index in [0.29, 0.717) is 0 Å². The van der Waals surface area contributed by atoms with Crippen LogP contribution in [0.1, 0.15) is 5.56 Å². The van der Waals surface area contributed by atoms with Crippen molar-refractivity contribution in [3.05, 3.63) is 66.0 Å². The summed E-state index contributed by atoms with van der Waals surface area (Å²) in [6, 6.07) is 16.9. The topological polar surface area (TPSA) is 15.3 Å². The second-order valence-electron chi connectivity index (χ2n) is 4.56. The number of likely N-dealkylation sites (N-methyl/N-ethyl adjacent to an activating group) is 1. The number of hydrogen-bond donors (Lipinski definition) is 1. The van der Waals surface area contributed by atoms with Crippen molar-refractivity contribution in [3.8, 4) is 0 Å². The minimum Gasteiger partial charge on any atom is -0.373 e. The summed E-state index contributed by atoms with van der Waals surface area (Å²) in [5, 5.41) is 3.40. The van der Waals surface area contributed by atoms with Gasteiger partial charge in [0.15, 0.2) is 0 Å². The molecule has 0 atom stereocenters. The van der Waals surface area contributed by atoms with Crippen molar-refractivity contribution in [3.63, 3.8) is 0 Å². The van der Waals surface area contributed by atoms with Gasteiger partial charge in [0.2, 0.25) is 0 Å². The monoisotopic (exact) mass is 258 g/mol. The van der Waals surface area contributed by atoms with Crippen LogP contribution in [-0.2, 0) is 6.54 Å². The van der Waals surface area contributed by atoms with E-state index in [1.54, 1.807) is 12.1 Å². The molecule has 100 valence electrons. The van der Waals surface area contributed by atoms with Gasteiger partial charge in [0, 0.05) is 32.4 Å². The minimum atomic E-state index is -0.195. The molecule has 19 heavy (non-hydrogen) atoms. The third-order valence-electron chi connectivity index (χ3n) is 3.06. The van der Waals surface area contributed by atoms with Crippen LogP contribution in [0, 0.1) is 5.82 Å². The Morgan fingerprint density at radius 3 is 2.37 bits per heavy atom. The van der Waals surface area contributed by atoms with Gasteiger partial charge >= 0.3 is 0 Å². The van der Waals surface area contributed by atoms with Crippen LogP contribution in [0.4, 0.5) is 10.1 Å². The van der Waals surface area contributed by atoms with Crippen LogP contribution in [0.15, 0.2) is 54.6 Å². The molecule has 0 aliphatic heterocycles. The molecular formula is C16H19FN2. The number of halogens is 1. The van der Waals surface area contributed by atoms with E-state index in [1.807, 2.05) is 25.2 Å². The smallest absolute Gasteiger partial charge is 0.123 e. The van der Waals surface area contributed by atoms with Gasteiger partial charge in [-0.2, -0.15) is 0 Å². The summed E-state index contributed by atoms with van der Waals surface area (Å²) in [6.45, 7) is 2.65. The molecule has 0 aliphatic carbocycles. The predicted molar refractivity (Wildman–Crippen MR) is 77.8 cm³/mol. The van der Waals surface area contributed by atoms with Gasteiger partial charge < -0.3 is 10.2 Å². The highest BCUT2D eigenvalue weighted by Gasteiger charge is 2.00. The van der Waals surface area contributed by atoms with Crippen molar-refractivity contribution in [1.29, 1.82) is 0 Å². The zero-order chi connectivity index (χ0) is 13.5. The van der Waals surface area contributed by atoms with E-state index in [9.17, 15) is 4.39 Å². The number of anilines is 1. The summed E-state index contributed by atoms with van der Waals surface area (Å²) in [5.41, 5.74) is 2.31. The molecule has 0 saturated carbocycles. The molecule has 0 spiro atoms. The molecule has 0 fully saturated rings. The minimum absolute atomic E-state index is 0.195. The lowest BCUT2D eigenvalue weighted by Crippen LogP contribution is -2.28. The molecule has 1 N–H and O–H groups in total. The summed E-state index contributed by atoms with van der Waals surface area (Å²) in [6.07, 6.45) is 0. The summed E-state index contributed by atoms with van der Waals surface area (Å²) in [5.74, 6) is -0.195. The first-order valence-electron chi connectivity index (χ1n) is 6.47. The van der Waals surface area contributed by atoms with Crippen molar-refractivity contribution in [2.45, 2.75) is 6.54 Å². The Kier molecular flexibility index (Phi) is 4.93. The Bertz CT molecular complexity index is 482. The molecule has 2 rings (SSSR count). The fourth-order valence-electron chi connectivity index (χ4n) is 1.90. The van der Waals surface area contributed by atoms with Crippen LogP contribution in [0.5, 0.6) is 0 Å². The highest BCUT2D eigenvalue weighted by Crippen LogP contribution is 2.12. The van der Waals surface area contributed by atoms with Crippen LogP contribution >= 0.6 is 0 Å². The molecule has 0 saturated heterocycles. The van der Waals surface area contributed by atoms with Crippen molar-refractivity contribution >= 4 is 5.69 Å². The number of rotatable bonds is 6. The number of nitrogens with one attached hydrogen (secondary N) is 1. The summed E-state index contributed by atoms with van der Waals surface area (Å²) in [4.78, 5) is 2.11. The fraction of sp³-hybridized carbons (Fsp3) is 0.250. The lowest BCUT2D eigenvalue weighted by molar-refractivity contribution is 0.627. The third kappa shape index (κ3) is 4.38. The fourth-order valence-corrected chi connectivity index (χ4v) is 1.90. The van der Waals surface area contributed by atoms with Gasteiger partial charge in [0.25, 0.3) is 0 Å². The van der Waals surface area contributed by atoms with Crippen molar-refractivity contribution < 1.29 is 4.39 Å². The highest BCUT2D eigenvalue weighted by molar-refractivity contribution is 5.45. The predicted octanol–water partition coefficient (Wildman–Crippen LogP) is 3.05. The Morgan fingerprint density at radius 2 is 1.68 bits per heavy atom. The van der Waals surface area contributed by atoms with Gasteiger partial charge in [-0.05, 0) is 29.8 Å². The van der Waals surface area contributed by atoms with E-state index in [0.717, 1.165) is 25.3 Å². The second-order valence-corrected chi connectivity index (χ2v) is 4.56. The largest absolute Gasteiger partial charge is 0.373 e. The average molecular weight is 258 g/mol. The summed E-state index contributed by atoms with van der Waals surface area (Å²) >= 11 is 0. The van der Waals surface area contributed by atoms with Crippen LogP contribution in [0.25, 0.3) is 0 Å². The van der Waals surface area contributed by atoms with Gasteiger partial charge in [-0.15, -0.1) is 0 Å². The third-order valence-corrected chi connectivity index (χ3v) is 3.06. The Labute approximate surface area is 113 Å². The van der Waals surface area contributed by atoms with Crippen LogP contribution < -0.4 is 10.2 Å². The molecule has 0 aliphatic rings. The van der Waals surface area contributed by atoms with E-state index >= 15 is 0 Å². The van der Waals surface area contributed by atoms with E-state index < -0.39 is 0 Å². The van der Waals surface area contributed by atoms with E-state index in [-0.39, 0.29) is 5.82 Å².